The summed E-state index contributed by atoms with van der Waals surface area (Å²) in [6.45, 7) is 2.48. The van der Waals surface area contributed by atoms with Crippen LogP contribution < -0.4 is 10.6 Å². The summed E-state index contributed by atoms with van der Waals surface area (Å²) in [5.41, 5.74) is 2.20. The van der Waals surface area contributed by atoms with E-state index in [1.165, 1.54) is 0 Å². The Morgan fingerprint density at radius 1 is 1.48 bits per heavy atom. The standard InChI is InChI=1S/C17H22N4O2/c1-23-12-13-4-2-5-14(10-13)19-17(22)16-7-9-21(20-16)15-6-3-8-18-11-15/h2,4-5,7,9-10,15,18H,3,6,8,11-12H2,1H3,(H,19,22). The van der Waals surface area contributed by atoms with E-state index in [9.17, 15) is 4.79 Å². The van der Waals surface area contributed by atoms with E-state index in [1.54, 1.807) is 13.2 Å². The predicted octanol–water partition coefficient (Wildman–Crippen LogP) is 2.21. The third kappa shape index (κ3) is 3.97. The van der Waals surface area contributed by atoms with Crippen LogP contribution in [0.1, 0.15) is 34.9 Å². The van der Waals surface area contributed by atoms with Gasteiger partial charge >= 0.3 is 0 Å². The molecule has 2 heterocycles. The summed E-state index contributed by atoms with van der Waals surface area (Å²) < 4.78 is 7.00. The molecule has 6 heteroatoms. The Labute approximate surface area is 135 Å². The highest BCUT2D eigenvalue weighted by atomic mass is 16.5. The summed E-state index contributed by atoms with van der Waals surface area (Å²) in [5.74, 6) is -0.193. The Balaban J connectivity index is 1.66. The molecule has 0 radical (unpaired) electrons. The maximum atomic E-state index is 12.3. The fourth-order valence-electron chi connectivity index (χ4n) is 2.82. The first-order valence-electron chi connectivity index (χ1n) is 7.91. The highest BCUT2D eigenvalue weighted by Crippen LogP contribution is 2.17. The molecule has 1 fully saturated rings. The molecule has 1 saturated heterocycles. The van der Waals surface area contributed by atoms with E-state index in [4.69, 9.17) is 4.74 Å². The van der Waals surface area contributed by atoms with Gasteiger partial charge in [-0.3, -0.25) is 9.48 Å². The first-order chi connectivity index (χ1) is 11.3. The quantitative estimate of drug-likeness (QED) is 0.888. The average Bonchev–Trinajstić information content (AvgIpc) is 3.06. The fourth-order valence-corrected chi connectivity index (χ4v) is 2.82. The molecule has 1 atom stereocenters. The predicted molar refractivity (Wildman–Crippen MR) is 88.5 cm³/mol. The van der Waals surface area contributed by atoms with Crippen LogP contribution in [0.15, 0.2) is 36.5 Å². The highest BCUT2D eigenvalue weighted by molar-refractivity contribution is 6.02. The van der Waals surface area contributed by atoms with E-state index in [0.717, 1.165) is 37.2 Å². The number of benzene rings is 1. The molecule has 2 aromatic rings. The van der Waals surface area contributed by atoms with Crippen molar-refractivity contribution in [1.29, 1.82) is 0 Å². The molecule has 1 aliphatic heterocycles. The Bertz CT molecular complexity index is 662. The molecular weight excluding hydrogens is 292 g/mol. The number of anilines is 1. The molecule has 0 saturated carbocycles. The summed E-state index contributed by atoms with van der Waals surface area (Å²) in [7, 11) is 1.65. The molecule has 1 aromatic carbocycles. The summed E-state index contributed by atoms with van der Waals surface area (Å²) >= 11 is 0. The van der Waals surface area contributed by atoms with Gasteiger partial charge in [0.25, 0.3) is 5.91 Å². The van der Waals surface area contributed by atoms with Crippen molar-refractivity contribution in [2.75, 3.05) is 25.5 Å². The second-order valence-corrected chi connectivity index (χ2v) is 5.77. The first kappa shape index (κ1) is 15.7. The van der Waals surface area contributed by atoms with Gasteiger partial charge in [-0.25, -0.2) is 0 Å². The SMILES string of the molecule is COCc1cccc(NC(=O)c2ccn(C3CCCNC3)n2)c1. The molecule has 6 nitrogen and oxygen atoms in total. The van der Waals surface area contributed by atoms with E-state index < -0.39 is 0 Å². The van der Waals surface area contributed by atoms with Crippen LogP contribution in [0.25, 0.3) is 0 Å². The monoisotopic (exact) mass is 314 g/mol. The lowest BCUT2D eigenvalue weighted by atomic mass is 10.1. The van der Waals surface area contributed by atoms with Crippen LogP contribution in [0.2, 0.25) is 0 Å². The first-order valence-corrected chi connectivity index (χ1v) is 7.91. The normalized spacial score (nSPS) is 17.9. The van der Waals surface area contributed by atoms with Crippen LogP contribution in [0.4, 0.5) is 5.69 Å². The molecule has 1 aliphatic rings. The lowest BCUT2D eigenvalue weighted by molar-refractivity contribution is 0.102. The number of rotatable bonds is 5. The van der Waals surface area contributed by atoms with Crippen molar-refractivity contribution in [2.24, 2.45) is 0 Å². The van der Waals surface area contributed by atoms with Crippen molar-refractivity contribution >= 4 is 11.6 Å². The van der Waals surface area contributed by atoms with E-state index in [-0.39, 0.29) is 5.91 Å². The van der Waals surface area contributed by atoms with Crippen molar-refractivity contribution in [3.8, 4) is 0 Å². The van der Waals surface area contributed by atoms with Crippen molar-refractivity contribution in [3.63, 3.8) is 0 Å². The molecule has 1 amide bonds. The fraction of sp³-hybridized carbons (Fsp3) is 0.412. The zero-order valence-electron chi connectivity index (χ0n) is 13.3. The molecule has 0 bridgehead atoms. The van der Waals surface area contributed by atoms with Crippen molar-refractivity contribution < 1.29 is 9.53 Å². The van der Waals surface area contributed by atoms with Crippen molar-refractivity contribution in [1.82, 2.24) is 15.1 Å². The number of methoxy groups -OCH3 is 1. The van der Waals surface area contributed by atoms with E-state index in [0.29, 0.717) is 18.3 Å². The number of aromatic nitrogens is 2. The lowest BCUT2D eigenvalue weighted by Gasteiger charge is -2.22. The third-order valence-corrected chi connectivity index (χ3v) is 3.98. The van der Waals surface area contributed by atoms with Crippen LogP contribution >= 0.6 is 0 Å². The van der Waals surface area contributed by atoms with Crippen LogP contribution in [0.5, 0.6) is 0 Å². The number of amides is 1. The van der Waals surface area contributed by atoms with Gasteiger partial charge in [0.1, 0.15) is 0 Å². The molecule has 1 unspecified atom stereocenters. The Morgan fingerprint density at radius 3 is 3.17 bits per heavy atom. The van der Waals surface area contributed by atoms with Gasteiger partial charge in [-0.15, -0.1) is 0 Å². The van der Waals surface area contributed by atoms with Crippen LogP contribution in [-0.2, 0) is 11.3 Å². The largest absolute Gasteiger partial charge is 0.380 e. The molecule has 3 rings (SSSR count). The van der Waals surface area contributed by atoms with E-state index >= 15 is 0 Å². The molecular formula is C17H22N4O2. The van der Waals surface area contributed by atoms with Crippen LogP contribution in [-0.4, -0.2) is 35.9 Å². The number of nitrogens with zero attached hydrogens (tertiary/aromatic N) is 2. The Morgan fingerprint density at radius 2 is 2.39 bits per heavy atom. The van der Waals surface area contributed by atoms with Gasteiger partial charge in [-0.05, 0) is 43.1 Å². The van der Waals surface area contributed by atoms with Gasteiger partial charge in [0.05, 0.1) is 12.6 Å². The number of hydrogen-bond acceptors (Lipinski definition) is 4. The van der Waals surface area contributed by atoms with Crippen LogP contribution in [0, 0.1) is 0 Å². The van der Waals surface area contributed by atoms with Gasteiger partial charge in [-0.1, -0.05) is 12.1 Å². The zero-order chi connectivity index (χ0) is 16.1. The molecule has 122 valence electrons. The summed E-state index contributed by atoms with van der Waals surface area (Å²) in [5, 5.41) is 10.7. The Hall–Kier alpha value is -2.18. The van der Waals surface area contributed by atoms with E-state index in [2.05, 4.69) is 15.7 Å². The summed E-state index contributed by atoms with van der Waals surface area (Å²) in [4.78, 5) is 12.3. The van der Waals surface area contributed by atoms with Gasteiger partial charge in [0, 0.05) is 25.5 Å². The van der Waals surface area contributed by atoms with Crippen molar-refractivity contribution in [3.05, 3.63) is 47.8 Å². The maximum absolute atomic E-state index is 12.3. The number of carbonyl (C=O) groups is 1. The smallest absolute Gasteiger partial charge is 0.276 e. The number of nitrogens with one attached hydrogen (secondary N) is 2. The maximum Gasteiger partial charge on any atom is 0.276 e. The van der Waals surface area contributed by atoms with Gasteiger partial charge in [0.15, 0.2) is 5.69 Å². The van der Waals surface area contributed by atoms with Gasteiger partial charge in [0.2, 0.25) is 0 Å². The molecule has 0 spiro atoms. The second kappa shape index (κ2) is 7.39. The van der Waals surface area contributed by atoms with Crippen molar-refractivity contribution in [2.45, 2.75) is 25.5 Å². The highest BCUT2D eigenvalue weighted by Gasteiger charge is 2.17. The average molecular weight is 314 g/mol. The second-order valence-electron chi connectivity index (χ2n) is 5.77. The molecule has 0 aliphatic carbocycles. The van der Waals surface area contributed by atoms with Crippen LogP contribution in [0.3, 0.4) is 0 Å². The molecule has 2 N–H and O–H groups in total. The number of carbonyl (C=O) groups excluding carboxylic acids is 1. The minimum absolute atomic E-state index is 0.193. The summed E-state index contributed by atoms with van der Waals surface area (Å²) in [6, 6.07) is 9.72. The number of hydrogen-bond donors (Lipinski definition) is 2. The third-order valence-electron chi connectivity index (χ3n) is 3.98. The molecule has 1 aromatic heterocycles. The van der Waals surface area contributed by atoms with E-state index in [1.807, 2.05) is 35.1 Å². The minimum Gasteiger partial charge on any atom is -0.380 e. The zero-order valence-corrected chi connectivity index (χ0v) is 13.3. The number of piperidine rings is 1. The summed E-state index contributed by atoms with van der Waals surface area (Å²) in [6.07, 6.45) is 4.11. The van der Waals surface area contributed by atoms with Gasteiger partial charge < -0.3 is 15.4 Å². The topological polar surface area (TPSA) is 68.2 Å². The Kier molecular flexibility index (Phi) is 5.05. The lowest BCUT2D eigenvalue weighted by Crippen LogP contribution is -2.32. The number of ether oxygens (including phenoxy) is 1. The molecule has 23 heavy (non-hydrogen) atoms. The minimum atomic E-state index is -0.193. The van der Waals surface area contributed by atoms with Gasteiger partial charge in [-0.2, -0.15) is 5.10 Å².